The highest BCUT2D eigenvalue weighted by atomic mass is 15.1. The molecule has 1 aromatic rings. The summed E-state index contributed by atoms with van der Waals surface area (Å²) in [5.74, 6) is 1.31. The zero-order chi connectivity index (χ0) is 13.0. The first-order valence-electron chi connectivity index (χ1n) is 7.20. The Hall–Kier alpha value is -0.860. The van der Waals surface area contributed by atoms with Gasteiger partial charge in [-0.2, -0.15) is 0 Å². The van der Waals surface area contributed by atoms with Crippen molar-refractivity contribution in [3.05, 3.63) is 35.4 Å². The van der Waals surface area contributed by atoms with Crippen molar-refractivity contribution >= 4 is 0 Å². The van der Waals surface area contributed by atoms with Crippen LogP contribution >= 0.6 is 0 Å². The number of nitrogens with two attached hydrogens (primary N) is 1. The summed E-state index contributed by atoms with van der Waals surface area (Å²) in [7, 11) is 0. The lowest BCUT2D eigenvalue weighted by Gasteiger charge is -2.27. The smallest absolute Gasteiger partial charge is 0.00244 e. The maximum absolute atomic E-state index is 5.89. The van der Waals surface area contributed by atoms with Gasteiger partial charge >= 0.3 is 0 Å². The molecule has 0 saturated heterocycles. The van der Waals surface area contributed by atoms with Gasteiger partial charge in [-0.25, -0.2) is 0 Å². The fourth-order valence-electron chi connectivity index (χ4n) is 2.79. The maximum atomic E-state index is 5.89. The zero-order valence-corrected chi connectivity index (χ0v) is 11.7. The van der Waals surface area contributed by atoms with E-state index in [1.54, 1.807) is 0 Å². The van der Waals surface area contributed by atoms with Crippen molar-refractivity contribution in [2.24, 2.45) is 17.6 Å². The van der Waals surface area contributed by atoms with E-state index in [1.807, 2.05) is 0 Å². The zero-order valence-electron chi connectivity index (χ0n) is 11.7. The van der Waals surface area contributed by atoms with E-state index >= 15 is 0 Å². The minimum absolute atomic E-state index is 0.631. The average Bonchev–Trinajstić information content (AvgIpc) is 2.58. The summed E-state index contributed by atoms with van der Waals surface area (Å²) in [6.07, 6.45) is 2.37. The predicted octanol–water partition coefficient (Wildman–Crippen LogP) is 2.32. The summed E-state index contributed by atoms with van der Waals surface area (Å²) in [5, 5.41) is 0. The molecule has 0 fully saturated rings. The molecule has 0 amide bonds. The first-order valence-corrected chi connectivity index (χ1v) is 7.20. The molecular formula is C16H26N2. The molecule has 2 nitrogen and oxygen atoms in total. The molecule has 1 atom stereocenters. The standard InChI is InChI=1S/C16H26N2/c1-13(2)16(11-17)12-18-9-7-14-5-3-4-6-15(14)8-10-18/h3-6,13,16H,7-12,17H2,1-2H3. The van der Waals surface area contributed by atoms with E-state index in [9.17, 15) is 0 Å². The third-order valence-corrected chi connectivity index (χ3v) is 4.25. The van der Waals surface area contributed by atoms with Crippen molar-refractivity contribution in [2.45, 2.75) is 26.7 Å². The number of benzene rings is 1. The van der Waals surface area contributed by atoms with Gasteiger partial charge in [0, 0.05) is 19.6 Å². The average molecular weight is 246 g/mol. The fourth-order valence-corrected chi connectivity index (χ4v) is 2.79. The van der Waals surface area contributed by atoms with Gasteiger partial charge in [-0.15, -0.1) is 0 Å². The molecule has 0 saturated carbocycles. The van der Waals surface area contributed by atoms with Gasteiger partial charge in [0.05, 0.1) is 0 Å². The molecule has 18 heavy (non-hydrogen) atoms. The molecule has 1 unspecified atom stereocenters. The van der Waals surface area contributed by atoms with Gasteiger partial charge in [-0.1, -0.05) is 38.1 Å². The van der Waals surface area contributed by atoms with E-state index in [0.29, 0.717) is 11.8 Å². The summed E-state index contributed by atoms with van der Waals surface area (Å²) >= 11 is 0. The van der Waals surface area contributed by atoms with Crippen molar-refractivity contribution in [2.75, 3.05) is 26.2 Å². The molecule has 2 N–H and O–H groups in total. The van der Waals surface area contributed by atoms with E-state index in [0.717, 1.165) is 13.1 Å². The lowest BCUT2D eigenvalue weighted by molar-refractivity contribution is 0.212. The number of hydrogen-bond donors (Lipinski definition) is 1. The highest BCUT2D eigenvalue weighted by Gasteiger charge is 2.18. The SMILES string of the molecule is CC(C)C(CN)CN1CCc2ccccc2CC1. The Kier molecular flexibility index (Phi) is 4.79. The second kappa shape index (κ2) is 6.35. The van der Waals surface area contributed by atoms with Crippen LogP contribution in [0.25, 0.3) is 0 Å². The molecule has 0 radical (unpaired) electrons. The largest absolute Gasteiger partial charge is 0.330 e. The van der Waals surface area contributed by atoms with Crippen LogP contribution in [0.1, 0.15) is 25.0 Å². The third kappa shape index (κ3) is 3.33. The summed E-state index contributed by atoms with van der Waals surface area (Å²) in [4.78, 5) is 2.59. The molecule has 0 aliphatic carbocycles. The van der Waals surface area contributed by atoms with Crippen LogP contribution in [0.4, 0.5) is 0 Å². The lowest BCUT2D eigenvalue weighted by Crippen LogP contribution is -2.37. The molecule has 2 rings (SSSR count). The van der Waals surface area contributed by atoms with Crippen molar-refractivity contribution in [3.63, 3.8) is 0 Å². The molecule has 0 aromatic heterocycles. The van der Waals surface area contributed by atoms with Gasteiger partial charge in [0.15, 0.2) is 0 Å². The minimum atomic E-state index is 0.631. The van der Waals surface area contributed by atoms with E-state index < -0.39 is 0 Å². The van der Waals surface area contributed by atoms with Crippen LogP contribution in [0.3, 0.4) is 0 Å². The molecule has 100 valence electrons. The van der Waals surface area contributed by atoms with Crippen LogP contribution in [-0.4, -0.2) is 31.1 Å². The molecule has 2 heteroatoms. The number of hydrogen-bond acceptors (Lipinski definition) is 2. The fraction of sp³-hybridized carbons (Fsp3) is 0.625. The highest BCUT2D eigenvalue weighted by molar-refractivity contribution is 5.28. The van der Waals surface area contributed by atoms with Crippen LogP contribution in [-0.2, 0) is 12.8 Å². The summed E-state index contributed by atoms with van der Waals surface area (Å²) < 4.78 is 0. The van der Waals surface area contributed by atoms with Gasteiger partial charge < -0.3 is 10.6 Å². The minimum Gasteiger partial charge on any atom is -0.330 e. The van der Waals surface area contributed by atoms with Gasteiger partial charge in [0.25, 0.3) is 0 Å². The van der Waals surface area contributed by atoms with Crippen molar-refractivity contribution in [3.8, 4) is 0 Å². The first kappa shape index (κ1) is 13.6. The quantitative estimate of drug-likeness (QED) is 0.883. The lowest BCUT2D eigenvalue weighted by atomic mass is 9.95. The number of rotatable bonds is 4. The van der Waals surface area contributed by atoms with Crippen molar-refractivity contribution in [1.82, 2.24) is 4.90 Å². The summed E-state index contributed by atoms with van der Waals surface area (Å²) in [5.41, 5.74) is 8.96. The predicted molar refractivity (Wildman–Crippen MR) is 77.7 cm³/mol. The Bertz CT molecular complexity index is 346. The topological polar surface area (TPSA) is 29.3 Å². The number of fused-ring (bicyclic) bond motifs is 1. The number of nitrogens with zero attached hydrogens (tertiary/aromatic N) is 1. The molecule has 1 heterocycles. The van der Waals surface area contributed by atoms with Crippen LogP contribution < -0.4 is 5.73 Å². The first-order chi connectivity index (χ1) is 8.70. The van der Waals surface area contributed by atoms with Crippen molar-refractivity contribution < 1.29 is 0 Å². The van der Waals surface area contributed by atoms with E-state index in [4.69, 9.17) is 5.73 Å². The van der Waals surface area contributed by atoms with Gasteiger partial charge in [0.2, 0.25) is 0 Å². The van der Waals surface area contributed by atoms with E-state index in [-0.39, 0.29) is 0 Å². The summed E-state index contributed by atoms with van der Waals surface area (Å²) in [6, 6.07) is 8.87. The molecule has 0 bridgehead atoms. The second-order valence-corrected chi connectivity index (χ2v) is 5.81. The highest BCUT2D eigenvalue weighted by Crippen LogP contribution is 2.18. The Balaban J connectivity index is 1.95. The van der Waals surface area contributed by atoms with Crippen LogP contribution in [0.2, 0.25) is 0 Å². The second-order valence-electron chi connectivity index (χ2n) is 5.81. The van der Waals surface area contributed by atoms with E-state index in [1.165, 1.54) is 37.1 Å². The van der Waals surface area contributed by atoms with Gasteiger partial charge in [0.1, 0.15) is 0 Å². The molecular weight excluding hydrogens is 220 g/mol. The van der Waals surface area contributed by atoms with Gasteiger partial charge in [-0.3, -0.25) is 0 Å². The Morgan fingerprint density at radius 2 is 1.67 bits per heavy atom. The molecule has 1 aromatic carbocycles. The van der Waals surface area contributed by atoms with Crippen LogP contribution in [0, 0.1) is 11.8 Å². The Morgan fingerprint density at radius 3 is 2.11 bits per heavy atom. The van der Waals surface area contributed by atoms with Gasteiger partial charge in [-0.05, 0) is 42.3 Å². The normalized spacial score (nSPS) is 18.4. The Morgan fingerprint density at radius 1 is 1.11 bits per heavy atom. The monoisotopic (exact) mass is 246 g/mol. The van der Waals surface area contributed by atoms with Crippen LogP contribution in [0.15, 0.2) is 24.3 Å². The van der Waals surface area contributed by atoms with Crippen LogP contribution in [0.5, 0.6) is 0 Å². The van der Waals surface area contributed by atoms with Crippen molar-refractivity contribution in [1.29, 1.82) is 0 Å². The van der Waals surface area contributed by atoms with E-state index in [2.05, 4.69) is 43.0 Å². The molecule has 1 aliphatic rings. The Labute approximate surface area is 111 Å². The molecule has 0 spiro atoms. The summed E-state index contributed by atoms with van der Waals surface area (Å²) in [6.45, 7) is 8.89. The third-order valence-electron chi connectivity index (χ3n) is 4.25. The molecule has 1 aliphatic heterocycles. The maximum Gasteiger partial charge on any atom is 0.00244 e.